The Morgan fingerprint density at radius 3 is 2.42 bits per heavy atom. The second kappa shape index (κ2) is 7.49. The predicted molar refractivity (Wildman–Crippen MR) is 96.2 cm³/mol. The van der Waals surface area contributed by atoms with Crippen LogP contribution in [0.2, 0.25) is 0 Å². The highest BCUT2D eigenvalue weighted by Gasteiger charge is 2.17. The molecule has 0 aliphatic rings. The van der Waals surface area contributed by atoms with Crippen molar-refractivity contribution in [2.75, 3.05) is 11.1 Å². The number of sulfone groups is 1. The second-order valence-corrected chi connectivity index (χ2v) is 7.82. The molecule has 0 unspecified atom stereocenters. The van der Waals surface area contributed by atoms with E-state index in [9.17, 15) is 13.2 Å². The minimum atomic E-state index is -3.52. The molecule has 3 aromatic rings. The number of carbonyl (C=O) groups is 1. The Bertz CT molecular complexity index is 996. The quantitative estimate of drug-likeness (QED) is 0.715. The van der Waals surface area contributed by atoms with E-state index in [2.05, 4.69) is 15.5 Å². The number of nitrogens with one attached hydrogen (secondary N) is 1. The van der Waals surface area contributed by atoms with Gasteiger partial charge < -0.3 is 4.42 Å². The molecule has 1 amide bonds. The number of hydrogen-bond acceptors (Lipinski definition) is 6. The number of hydrogen-bond donors (Lipinski definition) is 1. The van der Waals surface area contributed by atoms with Crippen LogP contribution in [0.3, 0.4) is 0 Å². The van der Waals surface area contributed by atoms with Gasteiger partial charge in [0.15, 0.2) is 9.84 Å². The van der Waals surface area contributed by atoms with Gasteiger partial charge in [-0.15, -0.1) is 5.10 Å². The first-order valence-corrected chi connectivity index (χ1v) is 9.57. The van der Waals surface area contributed by atoms with Crippen molar-refractivity contribution in [2.24, 2.45) is 0 Å². The topological polar surface area (TPSA) is 102 Å². The van der Waals surface area contributed by atoms with Crippen LogP contribution in [-0.4, -0.2) is 30.3 Å². The van der Waals surface area contributed by atoms with E-state index in [1.807, 2.05) is 31.2 Å². The van der Waals surface area contributed by atoms with Crippen molar-refractivity contribution >= 4 is 21.8 Å². The zero-order valence-electron chi connectivity index (χ0n) is 14.0. The third-order valence-electron chi connectivity index (χ3n) is 3.67. The highest BCUT2D eigenvalue weighted by atomic mass is 32.2. The van der Waals surface area contributed by atoms with Crippen molar-refractivity contribution < 1.29 is 17.6 Å². The number of anilines is 1. The molecule has 2 aromatic carbocycles. The van der Waals surface area contributed by atoms with Gasteiger partial charge in [-0.2, -0.15) is 0 Å². The van der Waals surface area contributed by atoms with E-state index in [4.69, 9.17) is 4.42 Å². The highest BCUT2D eigenvalue weighted by molar-refractivity contribution is 7.91. The minimum Gasteiger partial charge on any atom is -0.403 e. The van der Waals surface area contributed by atoms with E-state index >= 15 is 0 Å². The van der Waals surface area contributed by atoms with Crippen molar-refractivity contribution in [1.29, 1.82) is 0 Å². The van der Waals surface area contributed by atoms with Crippen molar-refractivity contribution in [2.45, 2.75) is 18.2 Å². The second-order valence-electron chi connectivity index (χ2n) is 5.71. The molecule has 0 saturated carbocycles. The first kappa shape index (κ1) is 17.8. The zero-order valence-corrected chi connectivity index (χ0v) is 14.9. The molecule has 0 fully saturated rings. The van der Waals surface area contributed by atoms with Gasteiger partial charge in [0.1, 0.15) is 0 Å². The normalized spacial score (nSPS) is 11.3. The lowest BCUT2D eigenvalue weighted by molar-refractivity contribution is -0.115. The van der Waals surface area contributed by atoms with Crippen LogP contribution in [0.1, 0.15) is 12.0 Å². The standard InChI is InChI=1S/C18H17N3O4S/c1-13-7-9-14(10-8-13)17-20-21-18(25-17)19-16(22)11-12-26(23,24)15-5-3-2-4-6-15/h2-10H,11-12H2,1H3,(H,19,21,22). The average Bonchev–Trinajstić information content (AvgIpc) is 3.10. The number of carbonyl (C=O) groups excluding carboxylic acids is 1. The summed E-state index contributed by atoms with van der Waals surface area (Å²) in [4.78, 5) is 12.2. The summed E-state index contributed by atoms with van der Waals surface area (Å²) in [5.41, 5.74) is 1.83. The molecule has 0 atom stereocenters. The molecule has 0 radical (unpaired) electrons. The first-order chi connectivity index (χ1) is 12.4. The smallest absolute Gasteiger partial charge is 0.322 e. The average molecular weight is 371 g/mol. The van der Waals surface area contributed by atoms with Gasteiger partial charge in [-0.05, 0) is 31.2 Å². The van der Waals surface area contributed by atoms with Crippen LogP contribution in [0.25, 0.3) is 11.5 Å². The molecule has 0 aliphatic carbocycles. The van der Waals surface area contributed by atoms with E-state index in [1.165, 1.54) is 12.1 Å². The summed E-state index contributed by atoms with van der Waals surface area (Å²) in [7, 11) is -3.52. The number of rotatable bonds is 6. The molecule has 7 nitrogen and oxygen atoms in total. The highest BCUT2D eigenvalue weighted by Crippen LogP contribution is 2.20. The molecule has 1 N–H and O–H groups in total. The van der Waals surface area contributed by atoms with E-state index in [0.29, 0.717) is 0 Å². The lowest BCUT2D eigenvalue weighted by Gasteiger charge is -2.04. The van der Waals surface area contributed by atoms with Crippen LogP contribution in [0.4, 0.5) is 6.01 Å². The van der Waals surface area contributed by atoms with Gasteiger partial charge >= 0.3 is 6.01 Å². The SMILES string of the molecule is Cc1ccc(-c2nnc(NC(=O)CCS(=O)(=O)c3ccccc3)o2)cc1. The monoisotopic (exact) mass is 371 g/mol. The summed E-state index contributed by atoms with van der Waals surface area (Å²) >= 11 is 0. The Balaban J connectivity index is 1.60. The molecule has 1 aromatic heterocycles. The van der Waals surface area contributed by atoms with E-state index < -0.39 is 15.7 Å². The molecule has 26 heavy (non-hydrogen) atoms. The first-order valence-electron chi connectivity index (χ1n) is 7.92. The fourth-order valence-electron chi connectivity index (χ4n) is 2.24. The lowest BCUT2D eigenvalue weighted by Crippen LogP contribution is -2.17. The summed E-state index contributed by atoms with van der Waals surface area (Å²) < 4.78 is 29.7. The summed E-state index contributed by atoms with van der Waals surface area (Å²) in [5.74, 6) is -0.539. The maximum absolute atomic E-state index is 12.2. The van der Waals surface area contributed by atoms with Gasteiger partial charge in [-0.25, -0.2) is 8.42 Å². The summed E-state index contributed by atoms with van der Waals surface area (Å²) in [6, 6.07) is 15.4. The molecule has 8 heteroatoms. The number of aryl methyl sites for hydroxylation is 1. The van der Waals surface area contributed by atoms with Gasteiger partial charge in [0.25, 0.3) is 0 Å². The number of aromatic nitrogens is 2. The maximum Gasteiger partial charge on any atom is 0.322 e. The number of amides is 1. The maximum atomic E-state index is 12.2. The van der Waals surface area contributed by atoms with Crippen molar-refractivity contribution in [3.63, 3.8) is 0 Å². The lowest BCUT2D eigenvalue weighted by atomic mass is 10.1. The third kappa shape index (κ3) is 4.34. The van der Waals surface area contributed by atoms with Crippen LogP contribution in [0.5, 0.6) is 0 Å². The Hall–Kier alpha value is -3.00. The van der Waals surface area contributed by atoms with Crippen LogP contribution in [0, 0.1) is 6.92 Å². The molecular formula is C18H17N3O4S. The molecule has 0 spiro atoms. The molecule has 134 valence electrons. The Morgan fingerprint density at radius 1 is 1.04 bits per heavy atom. The number of benzene rings is 2. The summed E-state index contributed by atoms with van der Waals surface area (Å²) in [6.45, 7) is 1.97. The Kier molecular flexibility index (Phi) is 5.13. The number of nitrogens with zero attached hydrogens (tertiary/aromatic N) is 2. The van der Waals surface area contributed by atoms with Gasteiger partial charge in [0.05, 0.1) is 10.6 Å². The van der Waals surface area contributed by atoms with Gasteiger partial charge in [0.2, 0.25) is 11.8 Å². The molecule has 1 heterocycles. The molecule has 0 bridgehead atoms. The Morgan fingerprint density at radius 2 is 1.73 bits per heavy atom. The molecule has 0 saturated heterocycles. The molecule has 3 rings (SSSR count). The summed E-state index contributed by atoms with van der Waals surface area (Å²) in [6.07, 6.45) is -0.209. The van der Waals surface area contributed by atoms with Crippen LogP contribution in [0.15, 0.2) is 63.9 Å². The van der Waals surface area contributed by atoms with Gasteiger partial charge in [0, 0.05) is 12.0 Å². The van der Waals surface area contributed by atoms with Crippen LogP contribution < -0.4 is 5.32 Å². The van der Waals surface area contributed by atoms with Crippen molar-refractivity contribution in [3.8, 4) is 11.5 Å². The summed E-state index contributed by atoms with van der Waals surface area (Å²) in [5, 5.41) is 10.1. The zero-order chi connectivity index (χ0) is 18.6. The molecule has 0 aliphatic heterocycles. The predicted octanol–water partition coefficient (Wildman–Crippen LogP) is 2.85. The van der Waals surface area contributed by atoms with E-state index in [-0.39, 0.29) is 29.0 Å². The van der Waals surface area contributed by atoms with E-state index in [1.54, 1.807) is 18.2 Å². The van der Waals surface area contributed by atoms with E-state index in [0.717, 1.165) is 11.1 Å². The third-order valence-corrected chi connectivity index (χ3v) is 5.40. The Labute approximate surface area is 151 Å². The van der Waals surface area contributed by atoms with Crippen LogP contribution in [-0.2, 0) is 14.6 Å². The fourth-order valence-corrected chi connectivity index (χ4v) is 3.50. The molecular weight excluding hydrogens is 354 g/mol. The van der Waals surface area contributed by atoms with Gasteiger partial charge in [-0.1, -0.05) is 41.0 Å². The van der Waals surface area contributed by atoms with Crippen molar-refractivity contribution in [1.82, 2.24) is 10.2 Å². The van der Waals surface area contributed by atoms with Crippen molar-refractivity contribution in [3.05, 3.63) is 60.2 Å². The minimum absolute atomic E-state index is 0.0670. The fraction of sp³-hybridized carbons (Fsp3) is 0.167. The van der Waals surface area contributed by atoms with Gasteiger partial charge in [-0.3, -0.25) is 10.1 Å². The largest absolute Gasteiger partial charge is 0.403 e. The van der Waals surface area contributed by atoms with Crippen LogP contribution >= 0.6 is 0 Å².